The Hall–Kier alpha value is -1.35. The number of carboxylic acids is 1. The fraction of sp³-hybridized carbons (Fsp3) is 0.533. The molecule has 1 N–H and O–H groups in total. The van der Waals surface area contributed by atoms with E-state index in [1.54, 1.807) is 0 Å². The molecular formula is C15H20O3. The van der Waals surface area contributed by atoms with E-state index < -0.39 is 5.97 Å². The third kappa shape index (κ3) is 3.84. The molecule has 1 aromatic carbocycles. The standard InChI is InChI=1S/C15H20O3/c16-15(17)9-13-7-3-4-8-14(13)11-18-10-12-5-1-2-6-12/h3-4,7-8,12H,1-2,5-6,9-11H2,(H,16,17). The maximum atomic E-state index is 10.8. The highest BCUT2D eigenvalue weighted by atomic mass is 16.5. The average molecular weight is 248 g/mol. The number of benzene rings is 1. The number of rotatable bonds is 6. The van der Waals surface area contributed by atoms with E-state index >= 15 is 0 Å². The monoisotopic (exact) mass is 248 g/mol. The molecule has 1 saturated carbocycles. The fourth-order valence-electron chi connectivity index (χ4n) is 2.55. The summed E-state index contributed by atoms with van der Waals surface area (Å²) in [7, 11) is 0. The quantitative estimate of drug-likeness (QED) is 0.841. The lowest BCUT2D eigenvalue weighted by Gasteiger charge is -2.12. The highest BCUT2D eigenvalue weighted by Gasteiger charge is 2.15. The van der Waals surface area contributed by atoms with Crippen molar-refractivity contribution in [2.24, 2.45) is 5.92 Å². The number of hydrogen-bond acceptors (Lipinski definition) is 2. The lowest BCUT2D eigenvalue weighted by Crippen LogP contribution is -2.08. The minimum absolute atomic E-state index is 0.0724. The molecule has 1 fully saturated rings. The predicted molar refractivity (Wildman–Crippen MR) is 69.4 cm³/mol. The molecule has 3 nitrogen and oxygen atoms in total. The van der Waals surface area contributed by atoms with Gasteiger partial charge in [-0.2, -0.15) is 0 Å². The average Bonchev–Trinajstić information content (AvgIpc) is 2.84. The molecule has 3 heteroatoms. The molecule has 0 unspecified atom stereocenters. The van der Waals surface area contributed by atoms with E-state index in [0.29, 0.717) is 12.5 Å². The second-order valence-electron chi connectivity index (χ2n) is 5.00. The molecule has 0 radical (unpaired) electrons. The lowest BCUT2D eigenvalue weighted by atomic mass is 10.1. The van der Waals surface area contributed by atoms with Crippen molar-refractivity contribution in [2.45, 2.75) is 38.7 Å². The van der Waals surface area contributed by atoms with E-state index in [0.717, 1.165) is 17.7 Å². The van der Waals surface area contributed by atoms with Crippen molar-refractivity contribution in [2.75, 3.05) is 6.61 Å². The topological polar surface area (TPSA) is 46.5 Å². The lowest BCUT2D eigenvalue weighted by molar-refractivity contribution is -0.136. The van der Waals surface area contributed by atoms with Crippen LogP contribution in [-0.4, -0.2) is 17.7 Å². The van der Waals surface area contributed by atoms with E-state index in [4.69, 9.17) is 9.84 Å². The van der Waals surface area contributed by atoms with Gasteiger partial charge in [-0.15, -0.1) is 0 Å². The number of carbonyl (C=O) groups is 1. The Morgan fingerprint density at radius 1 is 1.22 bits per heavy atom. The molecule has 0 amide bonds. The van der Waals surface area contributed by atoms with Crippen molar-refractivity contribution >= 4 is 5.97 Å². The van der Waals surface area contributed by atoms with Crippen molar-refractivity contribution in [1.82, 2.24) is 0 Å². The largest absolute Gasteiger partial charge is 0.481 e. The van der Waals surface area contributed by atoms with Crippen LogP contribution in [0.5, 0.6) is 0 Å². The highest BCUT2D eigenvalue weighted by Crippen LogP contribution is 2.25. The van der Waals surface area contributed by atoms with E-state index in [2.05, 4.69) is 0 Å². The fourth-order valence-corrected chi connectivity index (χ4v) is 2.55. The van der Waals surface area contributed by atoms with Gasteiger partial charge in [0, 0.05) is 6.61 Å². The number of hydrogen-bond donors (Lipinski definition) is 1. The van der Waals surface area contributed by atoms with Crippen molar-refractivity contribution < 1.29 is 14.6 Å². The summed E-state index contributed by atoms with van der Waals surface area (Å²) in [6.45, 7) is 1.33. The second-order valence-corrected chi connectivity index (χ2v) is 5.00. The molecule has 0 atom stereocenters. The van der Waals surface area contributed by atoms with Gasteiger partial charge in [-0.3, -0.25) is 4.79 Å². The maximum absolute atomic E-state index is 10.8. The molecule has 0 saturated heterocycles. The minimum Gasteiger partial charge on any atom is -0.481 e. The number of aliphatic carboxylic acids is 1. The van der Waals surface area contributed by atoms with Crippen LogP contribution in [0.25, 0.3) is 0 Å². The van der Waals surface area contributed by atoms with Gasteiger partial charge in [0.25, 0.3) is 0 Å². The Morgan fingerprint density at radius 2 is 1.89 bits per heavy atom. The first kappa shape index (κ1) is 13.1. The molecule has 2 rings (SSSR count). The molecule has 1 aliphatic rings. The summed E-state index contributed by atoms with van der Waals surface area (Å²) in [6.07, 6.45) is 5.27. The Bertz CT molecular complexity index is 394. The van der Waals surface area contributed by atoms with Crippen molar-refractivity contribution in [3.63, 3.8) is 0 Å². The second kappa shape index (κ2) is 6.55. The summed E-state index contributed by atoms with van der Waals surface area (Å²) in [4.78, 5) is 10.8. The summed E-state index contributed by atoms with van der Waals surface area (Å²) >= 11 is 0. The predicted octanol–water partition coefficient (Wildman–Crippen LogP) is 3.02. The first-order valence-electron chi connectivity index (χ1n) is 6.62. The Kier molecular flexibility index (Phi) is 4.76. The third-order valence-electron chi connectivity index (χ3n) is 3.55. The third-order valence-corrected chi connectivity index (χ3v) is 3.55. The highest BCUT2D eigenvalue weighted by molar-refractivity contribution is 5.70. The van der Waals surface area contributed by atoms with Crippen LogP contribution in [0.15, 0.2) is 24.3 Å². The molecule has 0 bridgehead atoms. The minimum atomic E-state index is -0.793. The normalized spacial score (nSPS) is 16.0. The first-order valence-corrected chi connectivity index (χ1v) is 6.62. The van der Waals surface area contributed by atoms with Gasteiger partial charge in [-0.1, -0.05) is 37.1 Å². The van der Waals surface area contributed by atoms with Gasteiger partial charge in [0.2, 0.25) is 0 Å². The van der Waals surface area contributed by atoms with Gasteiger partial charge in [0.1, 0.15) is 0 Å². The van der Waals surface area contributed by atoms with Crippen LogP contribution in [0, 0.1) is 5.92 Å². The molecule has 98 valence electrons. The molecule has 0 aromatic heterocycles. The summed E-state index contributed by atoms with van der Waals surface area (Å²) < 4.78 is 5.73. The van der Waals surface area contributed by atoms with Crippen molar-refractivity contribution in [3.05, 3.63) is 35.4 Å². The van der Waals surface area contributed by atoms with Crippen LogP contribution >= 0.6 is 0 Å². The zero-order valence-electron chi connectivity index (χ0n) is 10.6. The van der Waals surface area contributed by atoms with E-state index in [-0.39, 0.29) is 6.42 Å². The van der Waals surface area contributed by atoms with E-state index in [9.17, 15) is 4.79 Å². The molecular weight excluding hydrogens is 228 g/mol. The van der Waals surface area contributed by atoms with E-state index in [1.165, 1.54) is 25.7 Å². The van der Waals surface area contributed by atoms with Crippen molar-refractivity contribution in [3.8, 4) is 0 Å². The van der Waals surface area contributed by atoms with Crippen LogP contribution in [0.2, 0.25) is 0 Å². The van der Waals surface area contributed by atoms with Gasteiger partial charge in [-0.05, 0) is 29.9 Å². The van der Waals surface area contributed by atoms with Gasteiger partial charge in [0.05, 0.1) is 13.0 Å². The Labute approximate surface area is 108 Å². The molecule has 0 spiro atoms. The van der Waals surface area contributed by atoms with Crippen molar-refractivity contribution in [1.29, 1.82) is 0 Å². The Balaban J connectivity index is 1.85. The number of carboxylic acid groups (broad SMARTS) is 1. The van der Waals surface area contributed by atoms with Crippen LogP contribution < -0.4 is 0 Å². The van der Waals surface area contributed by atoms with Crippen LogP contribution in [0.4, 0.5) is 0 Å². The van der Waals surface area contributed by atoms with Crippen LogP contribution in [-0.2, 0) is 22.6 Å². The van der Waals surface area contributed by atoms with E-state index in [1.807, 2.05) is 24.3 Å². The van der Waals surface area contributed by atoms with Gasteiger partial charge >= 0.3 is 5.97 Å². The maximum Gasteiger partial charge on any atom is 0.307 e. The van der Waals surface area contributed by atoms with Gasteiger partial charge in [-0.25, -0.2) is 0 Å². The molecule has 1 aromatic rings. The molecule has 1 aliphatic carbocycles. The van der Waals surface area contributed by atoms with Crippen LogP contribution in [0.1, 0.15) is 36.8 Å². The SMILES string of the molecule is O=C(O)Cc1ccccc1COCC1CCCC1. The summed E-state index contributed by atoms with van der Waals surface area (Å²) in [6, 6.07) is 7.62. The van der Waals surface area contributed by atoms with Gasteiger partial charge < -0.3 is 9.84 Å². The summed E-state index contributed by atoms with van der Waals surface area (Å²) in [5.41, 5.74) is 1.86. The molecule has 0 heterocycles. The summed E-state index contributed by atoms with van der Waals surface area (Å²) in [5.74, 6) is -0.0881. The molecule has 18 heavy (non-hydrogen) atoms. The zero-order valence-corrected chi connectivity index (χ0v) is 10.6. The summed E-state index contributed by atoms with van der Waals surface area (Å²) in [5, 5.41) is 8.85. The first-order chi connectivity index (χ1) is 8.75. The smallest absolute Gasteiger partial charge is 0.307 e. The molecule has 0 aliphatic heterocycles. The van der Waals surface area contributed by atoms with Gasteiger partial charge in [0.15, 0.2) is 0 Å². The zero-order chi connectivity index (χ0) is 12.8. The number of ether oxygens (including phenoxy) is 1. The Morgan fingerprint density at radius 3 is 2.56 bits per heavy atom. The van der Waals surface area contributed by atoms with Crippen LogP contribution in [0.3, 0.4) is 0 Å².